The second kappa shape index (κ2) is 9.96. The lowest BCUT2D eigenvalue weighted by Gasteiger charge is -2.18. The molecular weight excluding hydrogens is 166 g/mol. The zero-order valence-corrected chi connectivity index (χ0v) is 8.96. The Morgan fingerprint density at radius 2 is 1.85 bits per heavy atom. The molecule has 0 fully saturated rings. The lowest BCUT2D eigenvalue weighted by molar-refractivity contribution is -0.243. The molecule has 1 N–H and O–H groups in total. The number of hydrogen-bond donors (Lipinski definition) is 1. The van der Waals surface area contributed by atoms with Crippen LogP contribution in [0.1, 0.15) is 39.5 Å². The number of nitrogens with zero attached hydrogens (tertiary/aromatic N) is 1. The van der Waals surface area contributed by atoms with Crippen molar-refractivity contribution in [2.45, 2.75) is 39.5 Å². The molecule has 80 valence electrons. The topological polar surface area (TPSA) is 32.7 Å². The van der Waals surface area contributed by atoms with Crippen molar-refractivity contribution in [3.05, 3.63) is 0 Å². The largest absolute Gasteiger partial charge is 0.301 e. The lowest BCUT2D eigenvalue weighted by Crippen LogP contribution is -2.28. The Kier molecular flexibility index (Phi) is 9.87. The van der Waals surface area contributed by atoms with Crippen LogP contribution in [0.15, 0.2) is 0 Å². The quantitative estimate of drug-likeness (QED) is 0.343. The van der Waals surface area contributed by atoms with Crippen LogP contribution in [-0.4, -0.2) is 36.4 Å². The molecule has 0 bridgehead atoms. The maximum atomic E-state index is 8.19. The molecule has 0 spiro atoms. The molecule has 0 aromatic heterocycles. The molecule has 3 heteroatoms. The van der Waals surface area contributed by atoms with Crippen LogP contribution in [0.4, 0.5) is 0 Å². The van der Waals surface area contributed by atoms with Gasteiger partial charge in [-0.15, -0.1) is 0 Å². The molecule has 0 aliphatic carbocycles. The molecule has 0 radical (unpaired) electrons. The summed E-state index contributed by atoms with van der Waals surface area (Å²) in [6.07, 6.45) is 5.18. The number of likely N-dealkylation sites (N-methyl/N-ethyl adjacent to an activating group) is 1. The predicted octanol–water partition coefficient (Wildman–Crippen LogP) is 2.38. The van der Waals surface area contributed by atoms with Crippen molar-refractivity contribution < 1.29 is 10.1 Å². The third-order valence-electron chi connectivity index (χ3n) is 2.27. The van der Waals surface area contributed by atoms with Gasteiger partial charge in [-0.3, -0.25) is 5.26 Å². The summed E-state index contributed by atoms with van der Waals surface area (Å²) in [7, 11) is 0. The van der Waals surface area contributed by atoms with Crippen molar-refractivity contribution in [1.82, 2.24) is 4.90 Å². The molecule has 0 amide bonds. The van der Waals surface area contributed by atoms with Crippen LogP contribution in [0.2, 0.25) is 0 Å². The van der Waals surface area contributed by atoms with E-state index >= 15 is 0 Å². The van der Waals surface area contributed by atoms with Crippen LogP contribution >= 0.6 is 0 Å². The van der Waals surface area contributed by atoms with Crippen LogP contribution in [-0.2, 0) is 4.89 Å². The van der Waals surface area contributed by atoms with E-state index in [1.165, 1.54) is 25.7 Å². The van der Waals surface area contributed by atoms with Gasteiger partial charge in [0.05, 0.1) is 6.61 Å². The van der Waals surface area contributed by atoms with Crippen molar-refractivity contribution in [3.8, 4) is 0 Å². The van der Waals surface area contributed by atoms with E-state index in [2.05, 4.69) is 23.6 Å². The summed E-state index contributed by atoms with van der Waals surface area (Å²) in [5.41, 5.74) is 0. The van der Waals surface area contributed by atoms with Gasteiger partial charge in [0.25, 0.3) is 0 Å². The van der Waals surface area contributed by atoms with Gasteiger partial charge in [-0.2, -0.15) is 0 Å². The average molecular weight is 189 g/mol. The van der Waals surface area contributed by atoms with Gasteiger partial charge < -0.3 is 4.90 Å². The SMILES string of the molecule is CCCCCCN(CC)CCOO. The molecular formula is C10H23NO2. The van der Waals surface area contributed by atoms with Crippen molar-refractivity contribution >= 4 is 0 Å². The molecule has 3 nitrogen and oxygen atoms in total. The van der Waals surface area contributed by atoms with Crippen LogP contribution in [0.5, 0.6) is 0 Å². The van der Waals surface area contributed by atoms with Crippen molar-refractivity contribution in [2.24, 2.45) is 0 Å². The first kappa shape index (κ1) is 12.9. The van der Waals surface area contributed by atoms with E-state index in [0.29, 0.717) is 6.61 Å². The highest BCUT2D eigenvalue weighted by Crippen LogP contribution is 2.00. The smallest absolute Gasteiger partial charge is 0.0946 e. The highest BCUT2D eigenvalue weighted by molar-refractivity contribution is 4.54. The van der Waals surface area contributed by atoms with Gasteiger partial charge in [0.1, 0.15) is 0 Å². The minimum absolute atomic E-state index is 0.418. The summed E-state index contributed by atoms with van der Waals surface area (Å²) in [6, 6.07) is 0. The number of unbranched alkanes of at least 4 members (excludes halogenated alkanes) is 3. The first-order chi connectivity index (χ1) is 6.35. The van der Waals surface area contributed by atoms with E-state index in [1.54, 1.807) is 0 Å². The Morgan fingerprint density at radius 3 is 2.38 bits per heavy atom. The summed E-state index contributed by atoms with van der Waals surface area (Å²) < 4.78 is 0. The third kappa shape index (κ3) is 8.22. The van der Waals surface area contributed by atoms with Crippen LogP contribution < -0.4 is 0 Å². The minimum atomic E-state index is 0.418. The van der Waals surface area contributed by atoms with Crippen LogP contribution in [0.25, 0.3) is 0 Å². The maximum absolute atomic E-state index is 8.19. The van der Waals surface area contributed by atoms with Gasteiger partial charge in [0, 0.05) is 6.54 Å². The fourth-order valence-corrected chi connectivity index (χ4v) is 1.36. The van der Waals surface area contributed by atoms with Crippen molar-refractivity contribution in [2.75, 3.05) is 26.2 Å². The molecule has 0 aliphatic rings. The molecule has 0 saturated carbocycles. The standard InChI is InChI=1S/C10H23NO2/c1-3-5-6-7-8-11(4-2)9-10-13-12/h12H,3-10H2,1-2H3. The second-order valence-electron chi connectivity index (χ2n) is 3.33. The summed E-state index contributed by atoms with van der Waals surface area (Å²) in [5.74, 6) is 0. The summed E-state index contributed by atoms with van der Waals surface area (Å²) in [6.45, 7) is 7.77. The zero-order chi connectivity index (χ0) is 9.94. The molecule has 13 heavy (non-hydrogen) atoms. The summed E-state index contributed by atoms with van der Waals surface area (Å²) in [5, 5.41) is 8.19. The molecule has 0 heterocycles. The van der Waals surface area contributed by atoms with Crippen molar-refractivity contribution in [1.29, 1.82) is 0 Å². The summed E-state index contributed by atoms with van der Waals surface area (Å²) >= 11 is 0. The second-order valence-corrected chi connectivity index (χ2v) is 3.33. The van der Waals surface area contributed by atoms with E-state index in [0.717, 1.165) is 19.6 Å². The van der Waals surface area contributed by atoms with E-state index < -0.39 is 0 Å². The Labute approximate surface area is 81.6 Å². The zero-order valence-electron chi connectivity index (χ0n) is 8.96. The predicted molar refractivity (Wildman–Crippen MR) is 54.8 cm³/mol. The number of rotatable bonds is 9. The Morgan fingerprint density at radius 1 is 1.08 bits per heavy atom. The van der Waals surface area contributed by atoms with Crippen molar-refractivity contribution in [3.63, 3.8) is 0 Å². The highest BCUT2D eigenvalue weighted by Gasteiger charge is 2.00. The fourth-order valence-electron chi connectivity index (χ4n) is 1.36. The Bertz CT molecular complexity index is 98.9. The monoisotopic (exact) mass is 189 g/mol. The molecule has 0 aliphatic heterocycles. The van der Waals surface area contributed by atoms with Crippen LogP contribution in [0, 0.1) is 0 Å². The number of hydrogen-bond acceptors (Lipinski definition) is 3. The molecule has 0 atom stereocenters. The summed E-state index contributed by atoms with van der Waals surface area (Å²) in [4.78, 5) is 6.36. The third-order valence-corrected chi connectivity index (χ3v) is 2.27. The van der Waals surface area contributed by atoms with Gasteiger partial charge in [0.2, 0.25) is 0 Å². The van der Waals surface area contributed by atoms with E-state index in [9.17, 15) is 0 Å². The molecule has 0 unspecified atom stereocenters. The molecule has 0 rings (SSSR count). The Hall–Kier alpha value is -0.120. The van der Waals surface area contributed by atoms with E-state index in [1.807, 2.05) is 0 Å². The average Bonchev–Trinajstić information content (AvgIpc) is 2.17. The van der Waals surface area contributed by atoms with Crippen LogP contribution in [0.3, 0.4) is 0 Å². The maximum Gasteiger partial charge on any atom is 0.0946 e. The van der Waals surface area contributed by atoms with Gasteiger partial charge in [-0.05, 0) is 19.5 Å². The van der Waals surface area contributed by atoms with Gasteiger partial charge in [-0.25, -0.2) is 4.89 Å². The normalized spacial score (nSPS) is 11.1. The lowest BCUT2D eigenvalue weighted by atomic mass is 10.2. The molecule has 0 saturated heterocycles. The first-order valence-corrected chi connectivity index (χ1v) is 5.33. The highest BCUT2D eigenvalue weighted by atomic mass is 17.1. The van der Waals surface area contributed by atoms with Gasteiger partial charge in [0.15, 0.2) is 0 Å². The van der Waals surface area contributed by atoms with E-state index in [-0.39, 0.29) is 0 Å². The Balaban J connectivity index is 3.25. The van der Waals surface area contributed by atoms with E-state index in [4.69, 9.17) is 5.26 Å². The minimum Gasteiger partial charge on any atom is -0.301 e. The van der Waals surface area contributed by atoms with Gasteiger partial charge >= 0.3 is 0 Å². The van der Waals surface area contributed by atoms with Gasteiger partial charge in [-0.1, -0.05) is 33.1 Å². The molecule has 0 aromatic carbocycles. The first-order valence-electron chi connectivity index (χ1n) is 5.33. The fraction of sp³-hybridized carbons (Fsp3) is 1.00. The molecule has 0 aromatic rings.